The average molecular weight is 368 g/mol. The number of hydrogen-bond donors (Lipinski definition) is 1. The Hall–Kier alpha value is -2.86. The molecule has 1 amide bonds. The predicted molar refractivity (Wildman–Crippen MR) is 104 cm³/mol. The maximum Gasteiger partial charge on any atom is 0.231 e. The lowest BCUT2D eigenvalue weighted by Gasteiger charge is -2.08. The van der Waals surface area contributed by atoms with Gasteiger partial charge in [-0.05, 0) is 37.3 Å². The minimum Gasteiger partial charge on any atom is -0.493 e. The van der Waals surface area contributed by atoms with Gasteiger partial charge in [0.1, 0.15) is 5.01 Å². The van der Waals surface area contributed by atoms with E-state index in [-0.39, 0.29) is 12.3 Å². The van der Waals surface area contributed by atoms with Gasteiger partial charge in [-0.3, -0.25) is 4.79 Å². The van der Waals surface area contributed by atoms with E-state index in [1.165, 1.54) is 11.3 Å². The van der Waals surface area contributed by atoms with Gasteiger partial charge in [0.05, 0.1) is 26.3 Å². The summed E-state index contributed by atoms with van der Waals surface area (Å²) in [4.78, 5) is 16.8. The quantitative estimate of drug-likeness (QED) is 0.704. The predicted octanol–water partition coefficient (Wildman–Crippen LogP) is 4.32. The zero-order valence-electron chi connectivity index (χ0n) is 14.9. The topological polar surface area (TPSA) is 60.5 Å². The molecule has 0 fully saturated rings. The van der Waals surface area contributed by atoms with Crippen molar-refractivity contribution in [3.63, 3.8) is 0 Å². The molecule has 0 aliphatic rings. The third-order valence-electron chi connectivity index (χ3n) is 3.88. The molecule has 0 bridgehead atoms. The van der Waals surface area contributed by atoms with Crippen LogP contribution >= 0.6 is 11.3 Å². The summed E-state index contributed by atoms with van der Waals surface area (Å²) in [5.74, 6) is 1.24. The van der Waals surface area contributed by atoms with Crippen LogP contribution in [0, 0.1) is 6.92 Å². The highest BCUT2D eigenvalue weighted by Gasteiger charge is 2.12. The number of nitrogens with one attached hydrogen (secondary N) is 1. The first kappa shape index (κ1) is 17.9. The van der Waals surface area contributed by atoms with E-state index in [9.17, 15) is 4.79 Å². The number of nitrogens with zero attached hydrogens (tertiary/aromatic N) is 1. The van der Waals surface area contributed by atoms with E-state index in [1.807, 2.05) is 54.8 Å². The first-order chi connectivity index (χ1) is 12.6. The molecule has 0 radical (unpaired) electrons. The van der Waals surface area contributed by atoms with E-state index in [0.717, 1.165) is 27.5 Å². The van der Waals surface area contributed by atoms with Gasteiger partial charge < -0.3 is 14.8 Å². The zero-order chi connectivity index (χ0) is 18.5. The van der Waals surface area contributed by atoms with Gasteiger partial charge in [0.25, 0.3) is 0 Å². The number of aromatic nitrogens is 1. The van der Waals surface area contributed by atoms with Crippen molar-refractivity contribution < 1.29 is 14.3 Å². The van der Waals surface area contributed by atoms with E-state index in [1.54, 1.807) is 14.2 Å². The van der Waals surface area contributed by atoms with Crippen LogP contribution in [0.3, 0.4) is 0 Å². The van der Waals surface area contributed by atoms with Crippen LogP contribution in [0.25, 0.3) is 11.3 Å². The Kier molecular flexibility index (Phi) is 5.53. The average Bonchev–Trinajstić information content (AvgIpc) is 3.11. The van der Waals surface area contributed by atoms with Crippen LogP contribution in [-0.2, 0) is 11.2 Å². The van der Waals surface area contributed by atoms with Gasteiger partial charge in [-0.25, -0.2) is 4.98 Å². The third-order valence-corrected chi connectivity index (χ3v) is 4.73. The van der Waals surface area contributed by atoms with Crippen molar-refractivity contribution in [3.8, 4) is 22.8 Å². The van der Waals surface area contributed by atoms with Gasteiger partial charge in [-0.1, -0.05) is 17.7 Å². The second-order valence-electron chi connectivity index (χ2n) is 5.79. The summed E-state index contributed by atoms with van der Waals surface area (Å²) >= 11 is 1.47. The van der Waals surface area contributed by atoms with E-state index < -0.39 is 0 Å². The monoisotopic (exact) mass is 368 g/mol. The molecule has 134 valence electrons. The Morgan fingerprint density at radius 1 is 1.08 bits per heavy atom. The van der Waals surface area contributed by atoms with Crippen molar-refractivity contribution >= 4 is 22.9 Å². The fraction of sp³-hybridized carbons (Fsp3) is 0.200. The molecule has 3 rings (SSSR count). The summed E-state index contributed by atoms with van der Waals surface area (Å²) in [7, 11) is 3.20. The number of aryl methyl sites for hydroxylation is 1. The molecule has 26 heavy (non-hydrogen) atoms. The van der Waals surface area contributed by atoms with Crippen LogP contribution in [0.1, 0.15) is 10.6 Å². The minimum atomic E-state index is -0.0814. The largest absolute Gasteiger partial charge is 0.493 e. The molecule has 1 N–H and O–H groups in total. The first-order valence-corrected chi connectivity index (χ1v) is 9.00. The van der Waals surface area contributed by atoms with Gasteiger partial charge in [0, 0.05) is 16.6 Å². The molecule has 1 heterocycles. The zero-order valence-corrected chi connectivity index (χ0v) is 15.7. The number of benzene rings is 2. The number of thiazole rings is 1. The molecule has 0 atom stereocenters. The summed E-state index contributed by atoms with van der Waals surface area (Å²) in [6.07, 6.45) is 0.242. The van der Waals surface area contributed by atoms with Crippen LogP contribution in [0.4, 0.5) is 5.69 Å². The Morgan fingerprint density at radius 2 is 1.81 bits per heavy atom. The summed E-state index contributed by atoms with van der Waals surface area (Å²) in [5.41, 5.74) is 3.68. The molecule has 5 nitrogen and oxygen atoms in total. The standard InChI is InChI=1S/C20H20N2O3S/c1-13-4-7-15(8-5-13)21-19(23)11-20-22-16(12-26-20)14-6-9-17(24-2)18(10-14)25-3/h4-10,12H,11H2,1-3H3,(H,21,23). The van der Waals surface area contributed by atoms with Gasteiger partial charge >= 0.3 is 0 Å². The summed E-state index contributed by atoms with van der Waals surface area (Å²) in [6, 6.07) is 13.4. The number of rotatable bonds is 6. The Morgan fingerprint density at radius 3 is 2.50 bits per heavy atom. The molecular weight excluding hydrogens is 348 g/mol. The summed E-state index contributed by atoms with van der Waals surface area (Å²) in [6.45, 7) is 2.01. The van der Waals surface area contributed by atoms with Crippen molar-refractivity contribution in [2.24, 2.45) is 0 Å². The Balaban J connectivity index is 1.69. The van der Waals surface area contributed by atoms with Gasteiger partial charge in [-0.15, -0.1) is 11.3 Å². The smallest absolute Gasteiger partial charge is 0.231 e. The SMILES string of the molecule is COc1ccc(-c2csc(CC(=O)Nc3ccc(C)cc3)n2)cc1OC. The van der Waals surface area contributed by atoms with Gasteiger partial charge in [0.2, 0.25) is 5.91 Å². The molecule has 0 aliphatic carbocycles. The molecular formula is C20H20N2O3S. The number of carbonyl (C=O) groups excluding carboxylic acids is 1. The van der Waals surface area contributed by atoms with Crippen molar-refractivity contribution in [2.45, 2.75) is 13.3 Å². The third kappa shape index (κ3) is 4.21. The fourth-order valence-corrected chi connectivity index (χ4v) is 3.30. The molecule has 0 saturated carbocycles. The van der Waals surface area contributed by atoms with Crippen LogP contribution < -0.4 is 14.8 Å². The van der Waals surface area contributed by atoms with Gasteiger partial charge in [0.15, 0.2) is 11.5 Å². The van der Waals surface area contributed by atoms with Gasteiger partial charge in [-0.2, -0.15) is 0 Å². The number of amides is 1. The maximum atomic E-state index is 12.2. The van der Waals surface area contributed by atoms with Crippen LogP contribution in [-0.4, -0.2) is 25.1 Å². The molecule has 0 aliphatic heterocycles. The van der Waals surface area contributed by atoms with Crippen LogP contribution in [0.5, 0.6) is 11.5 Å². The molecule has 1 aromatic heterocycles. The lowest BCUT2D eigenvalue weighted by molar-refractivity contribution is -0.115. The van der Waals surface area contributed by atoms with E-state index in [2.05, 4.69) is 10.3 Å². The minimum absolute atomic E-state index is 0.0814. The lowest BCUT2D eigenvalue weighted by atomic mass is 10.1. The highest BCUT2D eigenvalue weighted by Crippen LogP contribution is 2.32. The van der Waals surface area contributed by atoms with E-state index >= 15 is 0 Å². The van der Waals surface area contributed by atoms with Crippen LogP contribution in [0.15, 0.2) is 47.8 Å². The molecule has 6 heteroatoms. The number of ether oxygens (including phenoxy) is 2. The Bertz CT molecular complexity index is 904. The van der Waals surface area contributed by atoms with E-state index in [0.29, 0.717) is 11.5 Å². The fourth-order valence-electron chi connectivity index (χ4n) is 2.50. The molecule has 3 aromatic rings. The molecule has 2 aromatic carbocycles. The molecule has 0 saturated heterocycles. The van der Waals surface area contributed by atoms with Crippen molar-refractivity contribution in [1.82, 2.24) is 4.98 Å². The lowest BCUT2D eigenvalue weighted by Crippen LogP contribution is -2.14. The van der Waals surface area contributed by atoms with Crippen molar-refractivity contribution in [3.05, 3.63) is 58.4 Å². The molecule has 0 spiro atoms. The highest BCUT2D eigenvalue weighted by molar-refractivity contribution is 7.10. The normalized spacial score (nSPS) is 10.4. The summed E-state index contributed by atoms with van der Waals surface area (Å²) < 4.78 is 10.6. The highest BCUT2D eigenvalue weighted by atomic mass is 32.1. The van der Waals surface area contributed by atoms with Crippen molar-refractivity contribution in [2.75, 3.05) is 19.5 Å². The van der Waals surface area contributed by atoms with Crippen molar-refractivity contribution in [1.29, 1.82) is 0 Å². The first-order valence-electron chi connectivity index (χ1n) is 8.12. The van der Waals surface area contributed by atoms with Crippen LogP contribution in [0.2, 0.25) is 0 Å². The second kappa shape index (κ2) is 8.01. The number of hydrogen-bond acceptors (Lipinski definition) is 5. The number of anilines is 1. The number of methoxy groups -OCH3 is 2. The number of carbonyl (C=O) groups is 1. The maximum absolute atomic E-state index is 12.2. The second-order valence-corrected chi connectivity index (χ2v) is 6.73. The Labute approximate surface area is 156 Å². The summed E-state index contributed by atoms with van der Waals surface area (Å²) in [5, 5.41) is 5.59. The molecule has 0 unspecified atom stereocenters. The van der Waals surface area contributed by atoms with E-state index in [4.69, 9.17) is 9.47 Å².